The lowest BCUT2D eigenvalue weighted by Crippen LogP contribution is -2.01. The molecule has 0 N–H and O–H groups in total. The average Bonchev–Trinajstić information content (AvgIpc) is 3.18. The number of carbonyl (C=O) groups is 1. The second kappa shape index (κ2) is 5.71. The molecule has 1 aromatic carbocycles. The van der Waals surface area contributed by atoms with Crippen molar-refractivity contribution in [3.8, 4) is 11.5 Å². The molecule has 0 radical (unpaired) electrons. The van der Waals surface area contributed by atoms with E-state index < -0.39 is 0 Å². The summed E-state index contributed by atoms with van der Waals surface area (Å²) in [5, 5.41) is 0. The van der Waals surface area contributed by atoms with Crippen LogP contribution in [-0.4, -0.2) is 20.0 Å². The van der Waals surface area contributed by atoms with Crippen molar-refractivity contribution in [3.63, 3.8) is 0 Å². The van der Waals surface area contributed by atoms with Crippen LogP contribution in [0.3, 0.4) is 0 Å². The van der Waals surface area contributed by atoms with Crippen LogP contribution in [0.25, 0.3) is 0 Å². The van der Waals surface area contributed by atoms with Crippen LogP contribution < -0.4 is 9.47 Å². The summed E-state index contributed by atoms with van der Waals surface area (Å²) >= 11 is 0. The van der Waals surface area contributed by atoms with Gasteiger partial charge in [-0.1, -0.05) is 6.07 Å². The molecule has 1 fully saturated rings. The quantitative estimate of drug-likeness (QED) is 0.680. The lowest BCUT2D eigenvalue weighted by molar-refractivity contribution is -0.107. The molecule has 0 spiro atoms. The summed E-state index contributed by atoms with van der Waals surface area (Å²) in [6, 6.07) is 5.86. The van der Waals surface area contributed by atoms with E-state index in [0.717, 1.165) is 42.3 Å². The maximum atomic E-state index is 10.4. The Hall–Kier alpha value is -1.51. The summed E-state index contributed by atoms with van der Waals surface area (Å²) in [5.74, 6) is 2.28. The summed E-state index contributed by atoms with van der Waals surface area (Å²) < 4.78 is 11.0. The SMILES string of the molecule is COc1ccc(CCC=O)cc1OCC1CC1. The zero-order valence-corrected chi connectivity index (χ0v) is 10.1. The average molecular weight is 234 g/mol. The first-order chi connectivity index (χ1) is 8.33. The van der Waals surface area contributed by atoms with Gasteiger partial charge in [0.05, 0.1) is 13.7 Å². The van der Waals surface area contributed by atoms with E-state index in [0.29, 0.717) is 6.42 Å². The van der Waals surface area contributed by atoms with Crippen LogP contribution >= 0.6 is 0 Å². The Labute approximate surface area is 102 Å². The van der Waals surface area contributed by atoms with Crippen molar-refractivity contribution in [1.29, 1.82) is 0 Å². The first kappa shape index (κ1) is 12.0. The first-order valence-electron chi connectivity index (χ1n) is 6.07. The standard InChI is InChI=1S/C14H18O3/c1-16-13-7-6-11(3-2-8-15)9-14(13)17-10-12-4-5-12/h6-9,12H,2-5,10H2,1H3. The van der Waals surface area contributed by atoms with Gasteiger partial charge in [0.25, 0.3) is 0 Å². The van der Waals surface area contributed by atoms with E-state index in [1.54, 1.807) is 7.11 Å². The molecule has 0 atom stereocenters. The molecule has 17 heavy (non-hydrogen) atoms. The minimum atomic E-state index is 0.550. The second-order valence-corrected chi connectivity index (χ2v) is 4.44. The molecule has 0 saturated heterocycles. The maximum Gasteiger partial charge on any atom is 0.161 e. The number of benzene rings is 1. The lowest BCUT2D eigenvalue weighted by atomic mass is 10.1. The van der Waals surface area contributed by atoms with Crippen LogP contribution in [0.2, 0.25) is 0 Å². The summed E-state index contributed by atoms with van der Waals surface area (Å²) in [7, 11) is 1.64. The highest BCUT2D eigenvalue weighted by atomic mass is 16.5. The van der Waals surface area contributed by atoms with E-state index in [1.165, 1.54) is 12.8 Å². The highest BCUT2D eigenvalue weighted by Gasteiger charge is 2.22. The van der Waals surface area contributed by atoms with E-state index in [9.17, 15) is 4.79 Å². The molecule has 0 amide bonds. The largest absolute Gasteiger partial charge is 0.493 e. The molecule has 3 nitrogen and oxygen atoms in total. The molecule has 0 aromatic heterocycles. The van der Waals surface area contributed by atoms with Crippen LogP contribution in [0, 0.1) is 5.92 Å². The maximum absolute atomic E-state index is 10.4. The number of hydrogen-bond acceptors (Lipinski definition) is 3. The number of aryl methyl sites for hydroxylation is 1. The van der Waals surface area contributed by atoms with E-state index in [2.05, 4.69) is 0 Å². The van der Waals surface area contributed by atoms with Crippen LogP contribution in [0.15, 0.2) is 18.2 Å². The smallest absolute Gasteiger partial charge is 0.161 e. The molecule has 0 aliphatic heterocycles. The molecule has 1 aliphatic rings. The third-order valence-corrected chi connectivity index (χ3v) is 2.95. The van der Waals surface area contributed by atoms with Crippen LogP contribution in [0.4, 0.5) is 0 Å². The van der Waals surface area contributed by atoms with Crippen molar-refractivity contribution in [2.75, 3.05) is 13.7 Å². The fraction of sp³-hybridized carbons (Fsp3) is 0.500. The molecule has 2 rings (SSSR count). The minimum absolute atomic E-state index is 0.550. The number of ether oxygens (including phenoxy) is 2. The number of hydrogen-bond donors (Lipinski definition) is 0. The Morgan fingerprint density at radius 3 is 2.82 bits per heavy atom. The summed E-state index contributed by atoms with van der Waals surface area (Å²) in [4.78, 5) is 10.4. The van der Waals surface area contributed by atoms with Crippen molar-refractivity contribution in [2.45, 2.75) is 25.7 Å². The molecular weight excluding hydrogens is 216 g/mol. The van der Waals surface area contributed by atoms with Gasteiger partial charge in [-0.2, -0.15) is 0 Å². The van der Waals surface area contributed by atoms with Gasteiger partial charge in [-0.15, -0.1) is 0 Å². The van der Waals surface area contributed by atoms with Crippen molar-refractivity contribution < 1.29 is 14.3 Å². The zero-order chi connectivity index (χ0) is 12.1. The summed E-state index contributed by atoms with van der Waals surface area (Å²) in [6.45, 7) is 0.771. The van der Waals surface area contributed by atoms with Gasteiger partial charge in [-0.3, -0.25) is 0 Å². The van der Waals surface area contributed by atoms with E-state index in [-0.39, 0.29) is 0 Å². The number of rotatable bonds is 7. The first-order valence-corrected chi connectivity index (χ1v) is 6.07. The fourth-order valence-electron chi connectivity index (χ4n) is 1.71. The molecule has 0 heterocycles. The van der Waals surface area contributed by atoms with Gasteiger partial charge >= 0.3 is 0 Å². The lowest BCUT2D eigenvalue weighted by Gasteiger charge is -2.11. The number of aldehydes is 1. The molecular formula is C14H18O3. The van der Waals surface area contributed by atoms with Gasteiger partial charge < -0.3 is 14.3 Å². The predicted octanol–water partition coefficient (Wildman–Crippen LogP) is 2.62. The molecule has 1 saturated carbocycles. The summed E-state index contributed by atoms with van der Waals surface area (Å²) in [5.41, 5.74) is 1.11. The topological polar surface area (TPSA) is 35.5 Å². The number of methoxy groups -OCH3 is 1. The van der Waals surface area contributed by atoms with E-state index in [4.69, 9.17) is 9.47 Å². The highest BCUT2D eigenvalue weighted by Crippen LogP contribution is 2.33. The van der Waals surface area contributed by atoms with Gasteiger partial charge in [0.2, 0.25) is 0 Å². The highest BCUT2D eigenvalue weighted by molar-refractivity contribution is 5.51. The van der Waals surface area contributed by atoms with Gasteiger partial charge in [0, 0.05) is 6.42 Å². The van der Waals surface area contributed by atoms with Crippen LogP contribution in [0.1, 0.15) is 24.8 Å². The van der Waals surface area contributed by atoms with E-state index >= 15 is 0 Å². The number of carbonyl (C=O) groups excluding carboxylic acids is 1. The summed E-state index contributed by atoms with van der Waals surface area (Å²) in [6.07, 6.45) is 4.79. The van der Waals surface area contributed by atoms with Crippen molar-refractivity contribution in [3.05, 3.63) is 23.8 Å². The van der Waals surface area contributed by atoms with Crippen LogP contribution in [-0.2, 0) is 11.2 Å². The van der Waals surface area contributed by atoms with Gasteiger partial charge in [-0.25, -0.2) is 0 Å². The molecule has 0 bridgehead atoms. The molecule has 1 aliphatic carbocycles. The Bertz CT molecular complexity index is 383. The Morgan fingerprint density at radius 2 is 2.18 bits per heavy atom. The normalized spacial score (nSPS) is 14.4. The minimum Gasteiger partial charge on any atom is -0.493 e. The van der Waals surface area contributed by atoms with Crippen LogP contribution in [0.5, 0.6) is 11.5 Å². The third kappa shape index (κ3) is 3.48. The van der Waals surface area contributed by atoms with Gasteiger partial charge in [-0.05, 0) is 42.9 Å². The Kier molecular flexibility index (Phi) is 4.02. The molecule has 0 unspecified atom stereocenters. The van der Waals surface area contributed by atoms with Crippen molar-refractivity contribution in [2.24, 2.45) is 5.92 Å². The van der Waals surface area contributed by atoms with E-state index in [1.807, 2.05) is 18.2 Å². The molecule has 92 valence electrons. The molecule has 1 aromatic rings. The fourth-order valence-corrected chi connectivity index (χ4v) is 1.71. The predicted molar refractivity (Wildman–Crippen MR) is 65.6 cm³/mol. The Morgan fingerprint density at radius 1 is 1.35 bits per heavy atom. The Balaban J connectivity index is 2.04. The second-order valence-electron chi connectivity index (χ2n) is 4.44. The van der Waals surface area contributed by atoms with Gasteiger partial charge in [0.1, 0.15) is 6.29 Å². The van der Waals surface area contributed by atoms with Gasteiger partial charge in [0.15, 0.2) is 11.5 Å². The zero-order valence-electron chi connectivity index (χ0n) is 10.1. The third-order valence-electron chi connectivity index (χ3n) is 2.95. The molecule has 3 heteroatoms. The monoisotopic (exact) mass is 234 g/mol. The van der Waals surface area contributed by atoms with Crippen molar-refractivity contribution in [1.82, 2.24) is 0 Å². The van der Waals surface area contributed by atoms with Crippen molar-refractivity contribution >= 4 is 6.29 Å².